The highest BCUT2D eigenvalue weighted by Gasteiger charge is 2.80. The third-order valence-corrected chi connectivity index (χ3v) is 5.79. The van der Waals surface area contributed by atoms with E-state index in [2.05, 4.69) is 0 Å². The average Bonchev–Trinajstić information content (AvgIpc) is 2.84. The first-order valence-corrected chi connectivity index (χ1v) is 6.13. The second-order valence-corrected chi connectivity index (χ2v) is 6.14. The molecule has 0 radical (unpaired) electrons. The summed E-state index contributed by atoms with van der Waals surface area (Å²) in [5, 5.41) is 0. The summed E-state index contributed by atoms with van der Waals surface area (Å²) in [6.07, 6.45) is 9.36. The number of fused-ring (bicyclic) bond motifs is 4. The lowest BCUT2D eigenvalue weighted by molar-refractivity contribution is 0.370. The Labute approximate surface area is 79.4 Å². The van der Waals surface area contributed by atoms with Crippen LogP contribution in [-0.4, -0.2) is 0 Å². The Morgan fingerprint density at radius 1 is 1.08 bits per heavy atom. The van der Waals surface area contributed by atoms with Crippen LogP contribution in [0.2, 0.25) is 0 Å². The Hall–Kier alpha value is -0.260. The first kappa shape index (κ1) is 6.27. The van der Waals surface area contributed by atoms with Crippen molar-refractivity contribution in [3.8, 4) is 0 Å². The highest BCUT2D eigenvalue weighted by Crippen LogP contribution is 2.87. The van der Waals surface area contributed by atoms with E-state index in [1.807, 2.05) is 11.1 Å². The lowest BCUT2D eigenvalue weighted by Crippen LogP contribution is -2.13. The van der Waals surface area contributed by atoms with Crippen LogP contribution in [0, 0.1) is 29.1 Å². The van der Waals surface area contributed by atoms with Gasteiger partial charge in [-0.25, -0.2) is 0 Å². The standard InChI is InChI=1S/C13H16/c1-2-7(1)9-6-13(11-5-12(11)13)10-4-3-8(9)10/h7,9,11-12H,1-6H2. The number of hydrogen-bond acceptors (Lipinski definition) is 0. The second-order valence-electron chi connectivity index (χ2n) is 6.14. The van der Waals surface area contributed by atoms with Crippen molar-refractivity contribution >= 4 is 0 Å². The van der Waals surface area contributed by atoms with Crippen LogP contribution in [0.1, 0.15) is 38.5 Å². The Balaban J connectivity index is 1.61. The molecular formula is C13H16. The predicted octanol–water partition coefficient (Wildman–Crippen LogP) is 3.14. The minimum Gasteiger partial charge on any atom is -0.0667 e. The molecular weight excluding hydrogens is 156 g/mol. The van der Waals surface area contributed by atoms with Crippen molar-refractivity contribution in [3.05, 3.63) is 11.1 Å². The van der Waals surface area contributed by atoms with Gasteiger partial charge < -0.3 is 0 Å². The van der Waals surface area contributed by atoms with Crippen LogP contribution in [-0.2, 0) is 0 Å². The number of rotatable bonds is 1. The molecule has 0 aromatic rings. The Morgan fingerprint density at radius 3 is 2.31 bits per heavy atom. The lowest BCUT2D eigenvalue weighted by atomic mass is 9.79. The molecule has 5 aliphatic rings. The third kappa shape index (κ3) is 0.510. The maximum Gasteiger partial charge on any atom is -0.00168 e. The highest BCUT2D eigenvalue weighted by atomic mass is 14.8. The van der Waals surface area contributed by atoms with Crippen molar-refractivity contribution < 1.29 is 0 Å². The SMILES string of the molecule is C1CC2=C1C(C1CC1)CC21C2CC21. The molecule has 0 N–H and O–H groups in total. The minimum atomic E-state index is 0.890. The van der Waals surface area contributed by atoms with E-state index in [1.165, 1.54) is 24.7 Å². The molecule has 3 saturated carbocycles. The normalized spacial score (nSPS) is 60.5. The summed E-state index contributed by atoms with van der Waals surface area (Å²) in [4.78, 5) is 0. The van der Waals surface area contributed by atoms with Gasteiger partial charge in [-0.2, -0.15) is 0 Å². The van der Waals surface area contributed by atoms with E-state index < -0.39 is 0 Å². The summed E-state index contributed by atoms with van der Waals surface area (Å²) in [5.74, 6) is 4.68. The summed E-state index contributed by atoms with van der Waals surface area (Å²) in [6, 6.07) is 0. The van der Waals surface area contributed by atoms with E-state index in [4.69, 9.17) is 0 Å². The zero-order valence-corrected chi connectivity index (χ0v) is 8.05. The summed E-state index contributed by atoms with van der Waals surface area (Å²) in [5.41, 5.74) is 4.88. The zero-order chi connectivity index (χ0) is 8.21. The van der Waals surface area contributed by atoms with E-state index in [1.54, 1.807) is 25.7 Å². The highest BCUT2D eigenvalue weighted by molar-refractivity contribution is 5.50. The Bertz CT molecular complexity index is 337. The van der Waals surface area contributed by atoms with Crippen molar-refractivity contribution in [3.63, 3.8) is 0 Å². The minimum absolute atomic E-state index is 0.890. The third-order valence-electron chi connectivity index (χ3n) is 5.79. The van der Waals surface area contributed by atoms with Gasteiger partial charge in [-0.15, -0.1) is 0 Å². The first-order valence-electron chi connectivity index (χ1n) is 6.13. The molecule has 0 amide bonds. The molecule has 0 heteroatoms. The van der Waals surface area contributed by atoms with Crippen LogP contribution in [0.4, 0.5) is 0 Å². The predicted molar refractivity (Wildman–Crippen MR) is 51.1 cm³/mol. The second kappa shape index (κ2) is 1.53. The van der Waals surface area contributed by atoms with Gasteiger partial charge in [-0.05, 0) is 67.6 Å². The quantitative estimate of drug-likeness (QED) is 0.533. The van der Waals surface area contributed by atoms with Crippen LogP contribution in [0.5, 0.6) is 0 Å². The van der Waals surface area contributed by atoms with Gasteiger partial charge in [-0.3, -0.25) is 0 Å². The smallest absolute Gasteiger partial charge is 0.00168 e. The Morgan fingerprint density at radius 2 is 1.92 bits per heavy atom. The van der Waals surface area contributed by atoms with Crippen molar-refractivity contribution in [2.45, 2.75) is 38.5 Å². The molecule has 3 fully saturated rings. The largest absolute Gasteiger partial charge is 0.0667 e. The van der Waals surface area contributed by atoms with E-state index in [0.29, 0.717) is 0 Å². The topological polar surface area (TPSA) is 0 Å². The van der Waals surface area contributed by atoms with Crippen LogP contribution in [0.3, 0.4) is 0 Å². The molecule has 5 rings (SSSR count). The number of hydrogen-bond donors (Lipinski definition) is 0. The molecule has 3 unspecified atom stereocenters. The van der Waals surface area contributed by atoms with E-state index in [9.17, 15) is 0 Å². The monoisotopic (exact) mass is 172 g/mol. The van der Waals surface area contributed by atoms with E-state index in [-0.39, 0.29) is 0 Å². The molecule has 0 aromatic carbocycles. The van der Waals surface area contributed by atoms with Crippen LogP contribution < -0.4 is 0 Å². The van der Waals surface area contributed by atoms with Gasteiger partial charge in [-0.1, -0.05) is 11.1 Å². The molecule has 0 aromatic heterocycles. The fourth-order valence-corrected chi connectivity index (χ4v) is 4.71. The fraction of sp³-hybridized carbons (Fsp3) is 0.846. The summed E-state index contributed by atoms with van der Waals surface area (Å²) in [6.45, 7) is 0. The fourth-order valence-electron chi connectivity index (χ4n) is 4.71. The summed E-state index contributed by atoms with van der Waals surface area (Å²) >= 11 is 0. The van der Waals surface area contributed by atoms with Crippen molar-refractivity contribution in [2.24, 2.45) is 29.1 Å². The molecule has 3 atom stereocenters. The lowest BCUT2D eigenvalue weighted by Gasteiger charge is -2.26. The molecule has 0 bridgehead atoms. The molecule has 0 saturated heterocycles. The van der Waals surface area contributed by atoms with Crippen molar-refractivity contribution in [2.75, 3.05) is 0 Å². The van der Waals surface area contributed by atoms with Gasteiger partial charge in [0.15, 0.2) is 0 Å². The Kier molecular flexibility index (Phi) is 0.738. The molecule has 13 heavy (non-hydrogen) atoms. The van der Waals surface area contributed by atoms with Gasteiger partial charge in [0, 0.05) is 0 Å². The van der Waals surface area contributed by atoms with Gasteiger partial charge >= 0.3 is 0 Å². The average molecular weight is 172 g/mol. The summed E-state index contributed by atoms with van der Waals surface area (Å²) in [7, 11) is 0. The molecule has 0 nitrogen and oxygen atoms in total. The van der Waals surface area contributed by atoms with Crippen LogP contribution in [0.15, 0.2) is 11.1 Å². The zero-order valence-electron chi connectivity index (χ0n) is 8.05. The molecule has 0 heterocycles. The molecule has 68 valence electrons. The van der Waals surface area contributed by atoms with E-state index in [0.717, 1.165) is 17.3 Å². The van der Waals surface area contributed by atoms with Gasteiger partial charge in [0.05, 0.1) is 0 Å². The van der Waals surface area contributed by atoms with Crippen LogP contribution >= 0.6 is 0 Å². The maximum absolute atomic E-state index is 2.01. The van der Waals surface area contributed by atoms with Crippen LogP contribution in [0.25, 0.3) is 0 Å². The summed E-state index contributed by atoms with van der Waals surface area (Å²) < 4.78 is 0. The first-order chi connectivity index (χ1) is 6.41. The number of allylic oxidation sites excluding steroid dienone is 2. The maximum atomic E-state index is 2.01. The molecule has 1 spiro atoms. The van der Waals surface area contributed by atoms with Crippen molar-refractivity contribution in [1.82, 2.24) is 0 Å². The van der Waals surface area contributed by atoms with Crippen molar-refractivity contribution in [1.29, 1.82) is 0 Å². The molecule has 5 aliphatic carbocycles. The van der Waals surface area contributed by atoms with E-state index >= 15 is 0 Å². The van der Waals surface area contributed by atoms with Gasteiger partial charge in [0.1, 0.15) is 0 Å². The van der Waals surface area contributed by atoms with Gasteiger partial charge in [0.2, 0.25) is 0 Å². The van der Waals surface area contributed by atoms with Gasteiger partial charge in [0.25, 0.3) is 0 Å². The molecule has 0 aliphatic heterocycles.